The van der Waals surface area contributed by atoms with E-state index in [0.717, 1.165) is 13.0 Å². The van der Waals surface area contributed by atoms with Crippen LogP contribution in [0.4, 0.5) is 0 Å². The van der Waals surface area contributed by atoms with Crippen molar-refractivity contribution in [3.8, 4) is 0 Å². The van der Waals surface area contributed by atoms with Gasteiger partial charge in [-0.05, 0) is 38.1 Å². The molecule has 1 unspecified atom stereocenters. The number of carbonyl (C=O) groups excluding carboxylic acids is 2. The highest BCUT2D eigenvalue weighted by atomic mass is 16.2. The maximum Gasteiger partial charge on any atom is 0.274 e. The van der Waals surface area contributed by atoms with E-state index in [4.69, 9.17) is 5.73 Å². The zero-order valence-corrected chi connectivity index (χ0v) is 12.3. The van der Waals surface area contributed by atoms with Gasteiger partial charge < -0.3 is 10.7 Å². The van der Waals surface area contributed by atoms with E-state index in [-0.39, 0.29) is 18.5 Å². The van der Waals surface area contributed by atoms with Gasteiger partial charge >= 0.3 is 0 Å². The second-order valence-electron chi connectivity index (χ2n) is 5.40. The molecule has 0 fully saturated rings. The summed E-state index contributed by atoms with van der Waals surface area (Å²) >= 11 is 0. The van der Waals surface area contributed by atoms with E-state index < -0.39 is 5.91 Å². The van der Waals surface area contributed by atoms with Crippen molar-refractivity contribution >= 4 is 11.8 Å². The minimum Gasteiger partial charge on any atom is -0.357 e. The lowest BCUT2D eigenvalue weighted by Crippen LogP contribution is -2.40. The van der Waals surface area contributed by atoms with Crippen molar-refractivity contribution in [2.75, 3.05) is 20.1 Å². The Hall–Kier alpha value is -1.66. The first-order valence-corrected chi connectivity index (χ1v) is 6.82. The molecule has 0 bridgehead atoms. The molecule has 20 heavy (non-hydrogen) atoms. The Balaban J connectivity index is 2.29. The van der Waals surface area contributed by atoms with Crippen LogP contribution < -0.4 is 11.1 Å². The van der Waals surface area contributed by atoms with Gasteiger partial charge in [0.25, 0.3) is 5.91 Å². The number of hydrogen-bond donors (Lipinski definition) is 3. The van der Waals surface area contributed by atoms with Crippen LogP contribution in [-0.4, -0.2) is 47.9 Å². The highest BCUT2D eigenvalue weighted by Crippen LogP contribution is 2.03. The lowest BCUT2D eigenvalue weighted by Gasteiger charge is -2.20. The Bertz CT molecular complexity index is 428. The molecule has 112 valence electrons. The van der Waals surface area contributed by atoms with Crippen molar-refractivity contribution in [3.63, 3.8) is 0 Å². The predicted molar refractivity (Wildman–Crippen MR) is 78.2 cm³/mol. The summed E-state index contributed by atoms with van der Waals surface area (Å²) in [5.74, 6) is -0.302. The van der Waals surface area contributed by atoms with E-state index in [9.17, 15) is 9.59 Å². The lowest BCUT2D eigenvalue weighted by molar-refractivity contribution is -0.121. The van der Waals surface area contributed by atoms with E-state index in [1.807, 2.05) is 11.9 Å². The van der Waals surface area contributed by atoms with Crippen molar-refractivity contribution < 1.29 is 9.59 Å². The fraction of sp³-hybridized carbons (Fsp3) is 0.571. The molecule has 0 aliphatic carbocycles. The number of nitrogens with two attached hydrogens (primary N) is 1. The molecule has 1 aromatic rings. The molecule has 0 saturated heterocycles. The fourth-order valence-electron chi connectivity index (χ4n) is 1.73. The third kappa shape index (κ3) is 5.54. The first-order chi connectivity index (χ1) is 9.40. The number of aromatic amines is 1. The molecule has 1 heterocycles. The standard InChI is InChI=1S/C14H24N4O2/c1-10(2)11(15)6-8-18(3)9-13(19)17-14(20)12-5-4-7-16-12/h4-5,7,10-11,16H,6,8-9,15H2,1-3H3,(H,17,19,20). The molecule has 0 saturated carbocycles. The summed E-state index contributed by atoms with van der Waals surface area (Å²) in [6.45, 7) is 5.06. The molecule has 1 rings (SSSR count). The molecule has 4 N–H and O–H groups in total. The van der Waals surface area contributed by atoms with Gasteiger partial charge in [-0.15, -0.1) is 0 Å². The van der Waals surface area contributed by atoms with E-state index in [1.54, 1.807) is 18.3 Å². The average Bonchev–Trinajstić information content (AvgIpc) is 2.89. The van der Waals surface area contributed by atoms with Crippen LogP contribution in [0.1, 0.15) is 30.8 Å². The van der Waals surface area contributed by atoms with Gasteiger partial charge in [0.1, 0.15) is 5.69 Å². The van der Waals surface area contributed by atoms with Crippen molar-refractivity contribution in [1.82, 2.24) is 15.2 Å². The van der Waals surface area contributed by atoms with E-state index in [0.29, 0.717) is 11.6 Å². The van der Waals surface area contributed by atoms with Crippen LogP contribution in [0.3, 0.4) is 0 Å². The third-order valence-corrected chi connectivity index (χ3v) is 3.21. The van der Waals surface area contributed by atoms with Crippen LogP contribution in [0, 0.1) is 5.92 Å². The van der Waals surface area contributed by atoms with Gasteiger partial charge in [-0.3, -0.25) is 19.8 Å². The average molecular weight is 280 g/mol. The fourth-order valence-corrected chi connectivity index (χ4v) is 1.73. The number of imide groups is 1. The molecule has 1 aromatic heterocycles. The second kappa shape index (κ2) is 7.81. The highest BCUT2D eigenvalue weighted by Gasteiger charge is 2.14. The molecule has 2 amide bonds. The molecule has 0 spiro atoms. The summed E-state index contributed by atoms with van der Waals surface area (Å²) in [5.41, 5.74) is 6.33. The van der Waals surface area contributed by atoms with Crippen LogP contribution in [-0.2, 0) is 4.79 Å². The Morgan fingerprint density at radius 3 is 2.70 bits per heavy atom. The van der Waals surface area contributed by atoms with E-state index in [2.05, 4.69) is 24.1 Å². The lowest BCUT2D eigenvalue weighted by atomic mass is 10.0. The number of carbonyl (C=O) groups is 2. The summed E-state index contributed by atoms with van der Waals surface area (Å²) in [6, 6.07) is 3.45. The molecule has 0 aromatic carbocycles. The number of aromatic nitrogens is 1. The summed E-state index contributed by atoms with van der Waals surface area (Å²) in [4.78, 5) is 28.0. The monoisotopic (exact) mass is 280 g/mol. The number of nitrogens with one attached hydrogen (secondary N) is 2. The molecule has 0 aliphatic heterocycles. The number of likely N-dealkylation sites (N-methyl/N-ethyl adjacent to an activating group) is 1. The SMILES string of the molecule is CC(C)C(N)CCN(C)CC(=O)NC(=O)c1ccc[nH]1. The maximum absolute atomic E-state index is 11.7. The van der Waals surface area contributed by atoms with Gasteiger partial charge in [0.2, 0.25) is 5.91 Å². The number of hydrogen-bond acceptors (Lipinski definition) is 4. The summed E-state index contributed by atoms with van der Waals surface area (Å²) in [5, 5.41) is 2.34. The first-order valence-electron chi connectivity index (χ1n) is 6.82. The molecule has 6 heteroatoms. The van der Waals surface area contributed by atoms with E-state index >= 15 is 0 Å². The summed E-state index contributed by atoms with van der Waals surface area (Å²) in [6.07, 6.45) is 2.46. The predicted octanol–water partition coefficient (Wildman–Crippen LogP) is 0.576. The Morgan fingerprint density at radius 1 is 1.45 bits per heavy atom. The zero-order chi connectivity index (χ0) is 15.1. The molecule has 6 nitrogen and oxygen atoms in total. The second-order valence-corrected chi connectivity index (χ2v) is 5.40. The highest BCUT2D eigenvalue weighted by molar-refractivity contribution is 6.04. The zero-order valence-electron chi connectivity index (χ0n) is 12.3. The first kappa shape index (κ1) is 16.4. The Morgan fingerprint density at radius 2 is 2.15 bits per heavy atom. The minimum atomic E-state index is -0.410. The Labute approximate surface area is 119 Å². The number of rotatable bonds is 7. The van der Waals surface area contributed by atoms with Crippen LogP contribution >= 0.6 is 0 Å². The maximum atomic E-state index is 11.7. The summed E-state index contributed by atoms with van der Waals surface area (Å²) < 4.78 is 0. The van der Waals surface area contributed by atoms with Crippen LogP contribution in [0.25, 0.3) is 0 Å². The Kier molecular flexibility index (Phi) is 6.41. The normalized spacial score (nSPS) is 12.7. The third-order valence-electron chi connectivity index (χ3n) is 3.21. The summed E-state index contributed by atoms with van der Waals surface area (Å²) in [7, 11) is 1.84. The molecule has 0 radical (unpaired) electrons. The minimum absolute atomic E-state index is 0.126. The number of H-pyrrole nitrogens is 1. The largest absolute Gasteiger partial charge is 0.357 e. The van der Waals surface area contributed by atoms with Crippen LogP contribution in [0.5, 0.6) is 0 Å². The van der Waals surface area contributed by atoms with E-state index in [1.165, 1.54) is 0 Å². The van der Waals surface area contributed by atoms with Gasteiger partial charge in [-0.1, -0.05) is 13.8 Å². The quantitative estimate of drug-likeness (QED) is 0.681. The smallest absolute Gasteiger partial charge is 0.274 e. The number of amides is 2. The van der Waals surface area contributed by atoms with Crippen molar-refractivity contribution in [2.24, 2.45) is 11.7 Å². The van der Waals surface area contributed by atoms with Crippen LogP contribution in [0.15, 0.2) is 18.3 Å². The van der Waals surface area contributed by atoms with Crippen LogP contribution in [0.2, 0.25) is 0 Å². The van der Waals surface area contributed by atoms with Crippen molar-refractivity contribution in [2.45, 2.75) is 26.3 Å². The molecule has 0 aliphatic rings. The van der Waals surface area contributed by atoms with Gasteiger partial charge in [-0.2, -0.15) is 0 Å². The van der Waals surface area contributed by atoms with Gasteiger partial charge in [0, 0.05) is 12.2 Å². The van der Waals surface area contributed by atoms with Gasteiger partial charge in [-0.25, -0.2) is 0 Å². The van der Waals surface area contributed by atoms with Gasteiger partial charge in [0.15, 0.2) is 0 Å². The molecular formula is C14H24N4O2. The van der Waals surface area contributed by atoms with Crippen molar-refractivity contribution in [1.29, 1.82) is 0 Å². The molecule has 1 atom stereocenters. The van der Waals surface area contributed by atoms with Gasteiger partial charge in [0.05, 0.1) is 6.54 Å². The topological polar surface area (TPSA) is 91.2 Å². The van der Waals surface area contributed by atoms with Crippen molar-refractivity contribution in [3.05, 3.63) is 24.0 Å². The number of nitrogens with zero attached hydrogens (tertiary/aromatic N) is 1. The molecular weight excluding hydrogens is 256 g/mol.